The highest BCUT2D eigenvalue weighted by Crippen LogP contribution is 2.35. The number of benzene rings is 3. The first-order valence-corrected chi connectivity index (χ1v) is 12.7. The molecule has 0 aliphatic heterocycles. The van der Waals surface area contributed by atoms with Crippen LogP contribution >= 0.6 is 0 Å². The van der Waals surface area contributed by atoms with Crippen molar-refractivity contribution in [2.45, 2.75) is 32.8 Å². The standard InChI is InChI=1S/C31H31N3O5/c1-3-9-26-18-25(19-27(21-32)31(35)33-17-8-12-23-10-6-5-7-11-23)20-29(38-4-2)30(26)39-22-24-13-15-28(16-14-24)34(36)37/h3,5-7,10-11,13-16,18-20H,1,4,8-9,12,17,22H2,2H3,(H,33,35)/b27-19-. The summed E-state index contributed by atoms with van der Waals surface area (Å²) in [6.45, 7) is 6.67. The Morgan fingerprint density at radius 3 is 2.49 bits per heavy atom. The molecule has 200 valence electrons. The fourth-order valence-corrected chi connectivity index (χ4v) is 3.92. The molecule has 3 aromatic rings. The molecule has 8 nitrogen and oxygen atoms in total. The molecular formula is C31H31N3O5. The molecule has 0 aromatic heterocycles. The van der Waals surface area contributed by atoms with Crippen molar-refractivity contribution in [2.75, 3.05) is 13.2 Å². The summed E-state index contributed by atoms with van der Waals surface area (Å²) in [7, 11) is 0. The van der Waals surface area contributed by atoms with E-state index in [-0.39, 0.29) is 17.9 Å². The van der Waals surface area contributed by atoms with E-state index in [0.717, 1.165) is 24.0 Å². The number of nitriles is 1. The summed E-state index contributed by atoms with van der Waals surface area (Å²) in [5.74, 6) is 0.536. The molecule has 0 atom stereocenters. The van der Waals surface area contributed by atoms with E-state index < -0.39 is 10.8 Å². The second-order valence-corrected chi connectivity index (χ2v) is 8.66. The molecule has 0 aliphatic carbocycles. The van der Waals surface area contributed by atoms with E-state index in [0.29, 0.717) is 36.6 Å². The van der Waals surface area contributed by atoms with Crippen molar-refractivity contribution in [3.8, 4) is 17.6 Å². The number of non-ortho nitro benzene ring substituents is 1. The summed E-state index contributed by atoms with van der Waals surface area (Å²) in [5.41, 5.74) is 3.33. The summed E-state index contributed by atoms with van der Waals surface area (Å²) in [6.07, 6.45) is 5.30. The van der Waals surface area contributed by atoms with Crippen LogP contribution in [-0.4, -0.2) is 24.0 Å². The summed E-state index contributed by atoms with van der Waals surface area (Å²) >= 11 is 0. The molecule has 39 heavy (non-hydrogen) atoms. The van der Waals surface area contributed by atoms with Crippen molar-refractivity contribution in [3.05, 3.63) is 117 Å². The molecule has 0 radical (unpaired) electrons. The molecular weight excluding hydrogens is 494 g/mol. The Hall–Kier alpha value is -4.90. The van der Waals surface area contributed by atoms with Crippen molar-refractivity contribution >= 4 is 17.7 Å². The molecule has 3 rings (SSSR count). The van der Waals surface area contributed by atoms with Crippen LogP contribution in [0.5, 0.6) is 11.5 Å². The highest BCUT2D eigenvalue weighted by atomic mass is 16.6. The van der Waals surface area contributed by atoms with Gasteiger partial charge in [0.15, 0.2) is 11.5 Å². The predicted molar refractivity (Wildman–Crippen MR) is 150 cm³/mol. The molecule has 0 aliphatic rings. The molecule has 0 saturated heterocycles. The normalized spacial score (nSPS) is 10.8. The number of nitro groups is 1. The fourth-order valence-electron chi connectivity index (χ4n) is 3.92. The number of rotatable bonds is 14. The highest BCUT2D eigenvalue weighted by Gasteiger charge is 2.16. The molecule has 3 aromatic carbocycles. The number of allylic oxidation sites excluding steroid dienone is 1. The summed E-state index contributed by atoms with van der Waals surface area (Å²) < 4.78 is 11.9. The van der Waals surface area contributed by atoms with Gasteiger partial charge in [-0.25, -0.2) is 0 Å². The lowest BCUT2D eigenvalue weighted by atomic mass is 10.0. The van der Waals surface area contributed by atoms with Gasteiger partial charge in [0.25, 0.3) is 11.6 Å². The monoisotopic (exact) mass is 525 g/mol. The maximum Gasteiger partial charge on any atom is 0.269 e. The number of carbonyl (C=O) groups is 1. The van der Waals surface area contributed by atoms with E-state index in [9.17, 15) is 20.2 Å². The molecule has 0 unspecified atom stereocenters. The zero-order chi connectivity index (χ0) is 28.0. The number of carbonyl (C=O) groups excluding carboxylic acids is 1. The van der Waals surface area contributed by atoms with Gasteiger partial charge in [0.2, 0.25) is 0 Å². The van der Waals surface area contributed by atoms with Crippen LogP contribution in [0, 0.1) is 21.4 Å². The lowest BCUT2D eigenvalue weighted by molar-refractivity contribution is -0.384. The molecule has 8 heteroatoms. The lowest BCUT2D eigenvalue weighted by Gasteiger charge is -2.17. The van der Waals surface area contributed by atoms with Gasteiger partial charge in [-0.1, -0.05) is 36.4 Å². The van der Waals surface area contributed by atoms with E-state index >= 15 is 0 Å². The van der Waals surface area contributed by atoms with Crippen LogP contribution in [-0.2, 0) is 24.2 Å². The first-order valence-electron chi connectivity index (χ1n) is 12.7. The Bertz CT molecular complexity index is 1360. The maximum absolute atomic E-state index is 12.7. The van der Waals surface area contributed by atoms with Crippen molar-refractivity contribution in [3.63, 3.8) is 0 Å². The van der Waals surface area contributed by atoms with E-state index in [1.54, 1.807) is 24.3 Å². The van der Waals surface area contributed by atoms with Gasteiger partial charge in [0.1, 0.15) is 18.2 Å². The quantitative estimate of drug-likeness (QED) is 0.0694. The Morgan fingerprint density at radius 2 is 1.85 bits per heavy atom. The minimum Gasteiger partial charge on any atom is -0.490 e. The fraction of sp³-hybridized carbons (Fsp3) is 0.226. The van der Waals surface area contributed by atoms with Crippen molar-refractivity contribution in [1.29, 1.82) is 5.26 Å². The van der Waals surface area contributed by atoms with Crippen LogP contribution in [0.4, 0.5) is 5.69 Å². The number of hydrogen-bond donors (Lipinski definition) is 1. The average molecular weight is 526 g/mol. The maximum atomic E-state index is 12.7. The first kappa shape index (κ1) is 28.7. The Morgan fingerprint density at radius 1 is 1.10 bits per heavy atom. The van der Waals surface area contributed by atoms with Gasteiger partial charge >= 0.3 is 0 Å². The number of nitro benzene ring substituents is 1. The minimum absolute atomic E-state index is 0.00534. The minimum atomic E-state index is -0.452. The third-order valence-corrected chi connectivity index (χ3v) is 5.80. The molecule has 0 bridgehead atoms. The molecule has 1 amide bonds. The smallest absolute Gasteiger partial charge is 0.269 e. The Kier molecular flexibility index (Phi) is 10.8. The summed E-state index contributed by atoms with van der Waals surface area (Å²) in [6, 6.07) is 21.7. The Balaban J connectivity index is 1.76. The number of nitrogens with zero attached hydrogens (tertiary/aromatic N) is 2. The molecule has 0 saturated carbocycles. The van der Waals surface area contributed by atoms with E-state index in [4.69, 9.17) is 9.47 Å². The zero-order valence-corrected chi connectivity index (χ0v) is 21.9. The van der Waals surface area contributed by atoms with E-state index in [2.05, 4.69) is 11.9 Å². The van der Waals surface area contributed by atoms with Gasteiger partial charge in [-0.3, -0.25) is 14.9 Å². The van der Waals surface area contributed by atoms with Crippen molar-refractivity contribution < 1.29 is 19.2 Å². The van der Waals surface area contributed by atoms with Crippen molar-refractivity contribution in [1.82, 2.24) is 5.32 Å². The zero-order valence-electron chi connectivity index (χ0n) is 21.9. The molecule has 0 fully saturated rings. The SMILES string of the molecule is C=CCc1cc(/C=C(/C#N)C(=O)NCCCc2ccccc2)cc(OCC)c1OCc1ccc([N+](=O)[O-])cc1. The lowest BCUT2D eigenvalue weighted by Crippen LogP contribution is -2.25. The summed E-state index contributed by atoms with van der Waals surface area (Å²) in [4.78, 5) is 23.2. The van der Waals surface area contributed by atoms with Gasteiger partial charge in [-0.05, 0) is 73.2 Å². The molecule has 0 spiro atoms. The predicted octanol–water partition coefficient (Wildman–Crippen LogP) is 5.96. The third kappa shape index (κ3) is 8.58. The van der Waals surface area contributed by atoms with E-state index in [1.807, 2.05) is 49.4 Å². The van der Waals surface area contributed by atoms with Gasteiger partial charge in [0, 0.05) is 24.2 Å². The topological polar surface area (TPSA) is 114 Å². The number of aryl methyl sites for hydroxylation is 1. The number of nitrogens with one attached hydrogen (secondary N) is 1. The van der Waals surface area contributed by atoms with Crippen molar-refractivity contribution in [2.24, 2.45) is 0 Å². The molecule has 0 heterocycles. The second kappa shape index (κ2) is 14.7. The number of amides is 1. The van der Waals surface area contributed by atoms with Gasteiger partial charge < -0.3 is 14.8 Å². The average Bonchev–Trinajstić information content (AvgIpc) is 2.94. The van der Waals surface area contributed by atoms with Crippen LogP contribution < -0.4 is 14.8 Å². The molecule has 1 N–H and O–H groups in total. The number of hydrogen-bond acceptors (Lipinski definition) is 6. The van der Waals surface area contributed by atoms with Crippen LogP contribution in [0.2, 0.25) is 0 Å². The van der Waals surface area contributed by atoms with Crippen LogP contribution in [0.15, 0.2) is 85.0 Å². The summed E-state index contributed by atoms with van der Waals surface area (Å²) in [5, 5.41) is 23.4. The van der Waals surface area contributed by atoms with Gasteiger partial charge in [-0.15, -0.1) is 6.58 Å². The number of ether oxygens (including phenoxy) is 2. The van der Waals surface area contributed by atoms with Crippen LogP contribution in [0.1, 0.15) is 35.6 Å². The van der Waals surface area contributed by atoms with E-state index in [1.165, 1.54) is 23.8 Å². The largest absolute Gasteiger partial charge is 0.490 e. The van der Waals surface area contributed by atoms with Gasteiger partial charge in [-0.2, -0.15) is 5.26 Å². The first-order chi connectivity index (χ1) is 18.9. The second-order valence-electron chi connectivity index (χ2n) is 8.66. The highest BCUT2D eigenvalue weighted by molar-refractivity contribution is 6.01. The van der Waals surface area contributed by atoms with Gasteiger partial charge in [0.05, 0.1) is 11.5 Å². The van der Waals surface area contributed by atoms with Crippen LogP contribution in [0.3, 0.4) is 0 Å². The third-order valence-electron chi connectivity index (χ3n) is 5.80. The van der Waals surface area contributed by atoms with Crippen LogP contribution in [0.25, 0.3) is 6.08 Å². The Labute approximate surface area is 228 Å².